The van der Waals surface area contributed by atoms with E-state index in [0.717, 1.165) is 31.5 Å². The predicted molar refractivity (Wildman–Crippen MR) is 65.0 cm³/mol. The maximum atomic E-state index is 9.36. The summed E-state index contributed by atoms with van der Waals surface area (Å²) in [6, 6.07) is 7.87. The Morgan fingerprint density at radius 3 is 2.38 bits per heavy atom. The van der Waals surface area contributed by atoms with Gasteiger partial charge in [-0.05, 0) is 30.5 Å². The SMILES string of the molecule is CCC(O)CCNCc1ccc(CO)cc1. The van der Waals surface area contributed by atoms with Crippen LogP contribution in [0, 0.1) is 0 Å². The van der Waals surface area contributed by atoms with Crippen LogP contribution in [0.1, 0.15) is 30.9 Å². The van der Waals surface area contributed by atoms with Crippen LogP contribution in [0.2, 0.25) is 0 Å². The van der Waals surface area contributed by atoms with E-state index in [9.17, 15) is 5.11 Å². The second kappa shape index (κ2) is 7.39. The second-order valence-electron chi connectivity index (χ2n) is 4.00. The van der Waals surface area contributed by atoms with Gasteiger partial charge in [0.15, 0.2) is 0 Å². The molecule has 0 aliphatic rings. The van der Waals surface area contributed by atoms with Gasteiger partial charge in [0.2, 0.25) is 0 Å². The number of hydrogen-bond donors (Lipinski definition) is 3. The molecule has 1 aromatic rings. The van der Waals surface area contributed by atoms with Gasteiger partial charge in [0, 0.05) is 6.54 Å². The Labute approximate surface area is 97.1 Å². The van der Waals surface area contributed by atoms with Crippen molar-refractivity contribution < 1.29 is 10.2 Å². The highest BCUT2D eigenvalue weighted by atomic mass is 16.3. The molecule has 3 N–H and O–H groups in total. The highest BCUT2D eigenvalue weighted by Crippen LogP contribution is 2.04. The lowest BCUT2D eigenvalue weighted by Crippen LogP contribution is -2.19. The van der Waals surface area contributed by atoms with Gasteiger partial charge in [0.05, 0.1) is 12.7 Å². The van der Waals surface area contributed by atoms with Gasteiger partial charge in [0.1, 0.15) is 0 Å². The van der Waals surface area contributed by atoms with Crippen LogP contribution in [-0.2, 0) is 13.2 Å². The fourth-order valence-electron chi connectivity index (χ4n) is 1.47. The minimum absolute atomic E-state index is 0.0937. The number of hydrogen-bond acceptors (Lipinski definition) is 3. The Bertz CT molecular complexity index is 284. The monoisotopic (exact) mass is 223 g/mol. The molecule has 0 aromatic heterocycles. The molecule has 3 nitrogen and oxygen atoms in total. The normalized spacial score (nSPS) is 12.7. The maximum absolute atomic E-state index is 9.36. The Morgan fingerprint density at radius 1 is 1.19 bits per heavy atom. The molecule has 1 unspecified atom stereocenters. The summed E-state index contributed by atoms with van der Waals surface area (Å²) in [5, 5.41) is 21.5. The third-order valence-electron chi connectivity index (χ3n) is 2.66. The van der Waals surface area contributed by atoms with E-state index < -0.39 is 0 Å². The van der Waals surface area contributed by atoms with Gasteiger partial charge >= 0.3 is 0 Å². The van der Waals surface area contributed by atoms with Crippen LogP contribution >= 0.6 is 0 Å². The summed E-state index contributed by atoms with van der Waals surface area (Å²) in [4.78, 5) is 0. The molecule has 0 amide bonds. The van der Waals surface area contributed by atoms with Gasteiger partial charge in [0.25, 0.3) is 0 Å². The molecule has 3 heteroatoms. The number of aliphatic hydroxyl groups is 2. The number of nitrogens with one attached hydrogen (secondary N) is 1. The molecule has 0 fully saturated rings. The van der Waals surface area contributed by atoms with Crippen LogP contribution in [0.4, 0.5) is 0 Å². The molecular weight excluding hydrogens is 202 g/mol. The molecule has 0 heterocycles. The first kappa shape index (κ1) is 13.2. The Hall–Kier alpha value is -0.900. The zero-order chi connectivity index (χ0) is 11.8. The van der Waals surface area contributed by atoms with Gasteiger partial charge in [-0.25, -0.2) is 0 Å². The van der Waals surface area contributed by atoms with Crippen molar-refractivity contribution in [3.8, 4) is 0 Å². The lowest BCUT2D eigenvalue weighted by Gasteiger charge is -2.09. The summed E-state index contributed by atoms with van der Waals surface area (Å²) in [6.07, 6.45) is 1.42. The zero-order valence-electron chi connectivity index (χ0n) is 9.82. The number of aliphatic hydroxyl groups excluding tert-OH is 2. The van der Waals surface area contributed by atoms with E-state index in [2.05, 4.69) is 5.32 Å². The maximum Gasteiger partial charge on any atom is 0.0681 e. The quantitative estimate of drug-likeness (QED) is 0.613. The van der Waals surface area contributed by atoms with E-state index in [1.165, 1.54) is 5.56 Å². The zero-order valence-corrected chi connectivity index (χ0v) is 9.82. The third-order valence-corrected chi connectivity index (χ3v) is 2.66. The van der Waals surface area contributed by atoms with Crippen molar-refractivity contribution in [3.05, 3.63) is 35.4 Å². The topological polar surface area (TPSA) is 52.5 Å². The molecule has 0 bridgehead atoms. The van der Waals surface area contributed by atoms with Crippen molar-refractivity contribution in [1.82, 2.24) is 5.32 Å². The highest BCUT2D eigenvalue weighted by molar-refractivity contribution is 5.21. The van der Waals surface area contributed by atoms with Crippen molar-refractivity contribution in [2.24, 2.45) is 0 Å². The Morgan fingerprint density at radius 2 is 1.81 bits per heavy atom. The second-order valence-corrected chi connectivity index (χ2v) is 4.00. The Kier molecular flexibility index (Phi) is 6.08. The van der Waals surface area contributed by atoms with E-state index in [1.54, 1.807) is 0 Å². The van der Waals surface area contributed by atoms with Gasteiger partial charge in [-0.3, -0.25) is 0 Å². The third kappa shape index (κ3) is 4.75. The standard InChI is InChI=1S/C13H21NO2/c1-2-13(16)7-8-14-9-11-3-5-12(10-15)6-4-11/h3-6,13-16H,2,7-10H2,1H3. The van der Waals surface area contributed by atoms with Crippen LogP contribution in [-0.4, -0.2) is 22.9 Å². The lowest BCUT2D eigenvalue weighted by molar-refractivity contribution is 0.159. The molecular formula is C13H21NO2. The van der Waals surface area contributed by atoms with Crippen molar-refractivity contribution in [2.45, 2.75) is 39.0 Å². The summed E-state index contributed by atoms with van der Waals surface area (Å²) in [7, 11) is 0. The molecule has 1 aromatic carbocycles. The molecule has 0 radical (unpaired) electrons. The summed E-state index contributed by atoms with van der Waals surface area (Å²) < 4.78 is 0. The highest BCUT2D eigenvalue weighted by Gasteiger charge is 1.99. The molecule has 1 rings (SSSR count). The first-order chi connectivity index (χ1) is 7.76. The van der Waals surface area contributed by atoms with E-state index in [4.69, 9.17) is 5.11 Å². The van der Waals surface area contributed by atoms with Crippen LogP contribution in [0.25, 0.3) is 0 Å². The van der Waals surface area contributed by atoms with E-state index in [0.29, 0.717) is 0 Å². The van der Waals surface area contributed by atoms with Crippen LogP contribution in [0.15, 0.2) is 24.3 Å². The van der Waals surface area contributed by atoms with Crippen LogP contribution < -0.4 is 5.32 Å². The molecule has 16 heavy (non-hydrogen) atoms. The van der Waals surface area contributed by atoms with Gasteiger partial charge < -0.3 is 15.5 Å². The number of benzene rings is 1. The molecule has 0 aliphatic carbocycles. The molecule has 0 saturated carbocycles. The van der Waals surface area contributed by atoms with E-state index >= 15 is 0 Å². The average Bonchev–Trinajstić information content (AvgIpc) is 2.35. The largest absolute Gasteiger partial charge is 0.393 e. The summed E-state index contributed by atoms with van der Waals surface area (Å²) in [6.45, 7) is 3.72. The van der Waals surface area contributed by atoms with E-state index in [1.807, 2.05) is 31.2 Å². The lowest BCUT2D eigenvalue weighted by atomic mass is 10.1. The van der Waals surface area contributed by atoms with Crippen LogP contribution in [0.5, 0.6) is 0 Å². The predicted octanol–water partition coefficient (Wildman–Crippen LogP) is 1.43. The minimum Gasteiger partial charge on any atom is -0.393 e. The molecule has 1 atom stereocenters. The fraction of sp³-hybridized carbons (Fsp3) is 0.538. The molecule has 0 saturated heterocycles. The summed E-state index contributed by atoms with van der Waals surface area (Å²) in [5.74, 6) is 0. The van der Waals surface area contributed by atoms with Gasteiger partial charge in [-0.1, -0.05) is 31.2 Å². The van der Waals surface area contributed by atoms with Gasteiger partial charge in [-0.2, -0.15) is 0 Å². The van der Waals surface area contributed by atoms with Crippen molar-refractivity contribution in [3.63, 3.8) is 0 Å². The van der Waals surface area contributed by atoms with E-state index in [-0.39, 0.29) is 12.7 Å². The smallest absolute Gasteiger partial charge is 0.0681 e. The Balaban J connectivity index is 2.21. The molecule has 90 valence electrons. The number of rotatable bonds is 7. The average molecular weight is 223 g/mol. The van der Waals surface area contributed by atoms with Crippen LogP contribution in [0.3, 0.4) is 0 Å². The summed E-state index contributed by atoms with van der Waals surface area (Å²) in [5.41, 5.74) is 2.13. The minimum atomic E-state index is -0.190. The van der Waals surface area contributed by atoms with Crippen molar-refractivity contribution >= 4 is 0 Å². The van der Waals surface area contributed by atoms with Crippen molar-refractivity contribution in [1.29, 1.82) is 0 Å². The first-order valence-corrected chi connectivity index (χ1v) is 5.83. The molecule has 0 aliphatic heterocycles. The summed E-state index contributed by atoms with van der Waals surface area (Å²) >= 11 is 0. The molecule has 0 spiro atoms. The van der Waals surface area contributed by atoms with Gasteiger partial charge in [-0.15, -0.1) is 0 Å². The fourth-order valence-corrected chi connectivity index (χ4v) is 1.47. The van der Waals surface area contributed by atoms with Crippen molar-refractivity contribution in [2.75, 3.05) is 6.54 Å². The first-order valence-electron chi connectivity index (χ1n) is 5.83.